The molecule has 1 aliphatic rings. The van der Waals surface area contributed by atoms with Gasteiger partial charge >= 0.3 is 6.18 Å². The van der Waals surface area contributed by atoms with Crippen LogP contribution in [-0.2, 0) is 23.9 Å². The Morgan fingerprint density at radius 3 is 2.37 bits per heavy atom. The summed E-state index contributed by atoms with van der Waals surface area (Å²) in [6.45, 7) is 1.88. The molecule has 1 heterocycles. The summed E-state index contributed by atoms with van der Waals surface area (Å²) in [6, 6.07) is 24.1. The highest BCUT2D eigenvalue weighted by molar-refractivity contribution is 6.08. The predicted octanol–water partition coefficient (Wildman–Crippen LogP) is 6.52. The maximum Gasteiger partial charge on any atom is 0.416 e. The van der Waals surface area contributed by atoms with Gasteiger partial charge in [0.2, 0.25) is 0 Å². The molecule has 0 saturated heterocycles. The third kappa shape index (κ3) is 7.31. The molecule has 1 aliphatic heterocycles. The molecule has 6 nitrogen and oxygen atoms in total. The Labute approximate surface area is 248 Å². The van der Waals surface area contributed by atoms with Crippen LogP contribution in [0.3, 0.4) is 0 Å². The van der Waals surface area contributed by atoms with Crippen LogP contribution >= 0.6 is 0 Å². The summed E-state index contributed by atoms with van der Waals surface area (Å²) in [5, 5.41) is 6.18. The third-order valence-electron chi connectivity index (χ3n) is 7.33. The molecule has 43 heavy (non-hydrogen) atoms. The second-order valence-electron chi connectivity index (χ2n) is 10.7. The van der Waals surface area contributed by atoms with Crippen molar-refractivity contribution >= 4 is 17.4 Å². The minimum atomic E-state index is -4.44. The number of fused-ring (bicyclic) bond motifs is 1. The molecule has 0 aromatic heterocycles. The van der Waals surface area contributed by atoms with Gasteiger partial charge in [-0.1, -0.05) is 48.5 Å². The van der Waals surface area contributed by atoms with Crippen molar-refractivity contribution < 1.29 is 27.5 Å². The molecule has 4 aromatic rings. The highest BCUT2D eigenvalue weighted by Gasteiger charge is 2.30. The number of likely N-dealkylation sites (N-methyl/N-ethyl adjacent to an activating group) is 1. The summed E-state index contributed by atoms with van der Waals surface area (Å²) in [5.41, 5.74) is 3.86. The summed E-state index contributed by atoms with van der Waals surface area (Å²) < 4.78 is 44.7. The molecule has 2 N–H and O–H groups in total. The highest BCUT2D eigenvalue weighted by atomic mass is 19.4. The Morgan fingerprint density at radius 1 is 0.953 bits per heavy atom. The van der Waals surface area contributed by atoms with Gasteiger partial charge in [0, 0.05) is 30.8 Å². The number of ether oxygens (including phenoxy) is 1. The van der Waals surface area contributed by atoms with Gasteiger partial charge < -0.3 is 15.0 Å². The molecule has 1 atom stereocenters. The molecule has 1 amide bonds. The van der Waals surface area contributed by atoms with Crippen molar-refractivity contribution in [3.63, 3.8) is 0 Å². The van der Waals surface area contributed by atoms with Crippen LogP contribution in [0.1, 0.15) is 38.7 Å². The second-order valence-corrected chi connectivity index (χ2v) is 10.7. The van der Waals surface area contributed by atoms with Gasteiger partial charge in [-0.15, -0.1) is 0 Å². The Morgan fingerprint density at radius 2 is 1.67 bits per heavy atom. The number of ketones is 1. The number of nitrogens with one attached hydrogen (secondary N) is 2. The van der Waals surface area contributed by atoms with Gasteiger partial charge in [0.05, 0.1) is 11.6 Å². The van der Waals surface area contributed by atoms with Crippen molar-refractivity contribution in [3.8, 4) is 16.9 Å². The van der Waals surface area contributed by atoms with Crippen LogP contribution in [-0.4, -0.2) is 43.8 Å². The number of rotatable bonds is 10. The maximum atomic E-state index is 13.3. The molecular weight excluding hydrogens is 555 g/mol. The lowest BCUT2D eigenvalue weighted by Crippen LogP contribution is -2.23. The predicted molar refractivity (Wildman–Crippen MR) is 160 cm³/mol. The van der Waals surface area contributed by atoms with Crippen molar-refractivity contribution in [3.05, 3.63) is 119 Å². The van der Waals surface area contributed by atoms with E-state index in [9.17, 15) is 22.8 Å². The topological polar surface area (TPSA) is 70.7 Å². The summed E-state index contributed by atoms with van der Waals surface area (Å²) in [6.07, 6.45) is -4.16. The molecule has 0 radical (unpaired) electrons. The number of Topliss-reactive ketones (excluding diaryl/α,β-unsaturated/α-hetero) is 1. The van der Waals surface area contributed by atoms with E-state index in [1.807, 2.05) is 55.4 Å². The second kappa shape index (κ2) is 12.8. The number of carbonyl (C=O) groups excluding carboxylic acids is 2. The Hall–Kier alpha value is -4.47. The van der Waals surface area contributed by atoms with Crippen LogP contribution in [0.5, 0.6) is 5.75 Å². The Balaban J connectivity index is 1.24. The van der Waals surface area contributed by atoms with Gasteiger partial charge in [-0.05, 0) is 84.4 Å². The number of hydrogen-bond acceptors (Lipinski definition) is 5. The average molecular weight is 588 g/mol. The first-order valence-corrected chi connectivity index (χ1v) is 13.9. The molecule has 9 heteroatoms. The van der Waals surface area contributed by atoms with Gasteiger partial charge in [0.25, 0.3) is 5.91 Å². The molecule has 0 bridgehead atoms. The lowest BCUT2D eigenvalue weighted by molar-refractivity contribution is -0.137. The summed E-state index contributed by atoms with van der Waals surface area (Å²) in [4.78, 5) is 28.5. The van der Waals surface area contributed by atoms with Crippen LogP contribution in [0, 0.1) is 0 Å². The van der Waals surface area contributed by atoms with Crippen LogP contribution in [0.25, 0.3) is 11.1 Å². The molecule has 222 valence electrons. The number of anilines is 1. The van der Waals surface area contributed by atoms with Crippen molar-refractivity contribution in [1.29, 1.82) is 0 Å². The zero-order valence-electron chi connectivity index (χ0n) is 23.9. The average Bonchev–Trinajstić information content (AvgIpc) is 3.41. The van der Waals surface area contributed by atoms with E-state index in [0.717, 1.165) is 41.1 Å². The third-order valence-corrected chi connectivity index (χ3v) is 7.33. The number of halogens is 3. The number of nitrogens with zero attached hydrogens (tertiary/aromatic N) is 1. The van der Waals surface area contributed by atoms with Crippen molar-refractivity contribution in [2.24, 2.45) is 0 Å². The molecule has 0 aliphatic carbocycles. The summed E-state index contributed by atoms with van der Waals surface area (Å²) in [7, 11) is 3.97. The fraction of sp³-hybridized carbons (Fsp3) is 0.235. The Bertz CT molecular complexity index is 1600. The van der Waals surface area contributed by atoms with Crippen LogP contribution in [0.2, 0.25) is 0 Å². The highest BCUT2D eigenvalue weighted by Crippen LogP contribution is 2.33. The largest absolute Gasteiger partial charge is 0.492 e. The van der Waals surface area contributed by atoms with Gasteiger partial charge in [0.1, 0.15) is 12.4 Å². The fourth-order valence-corrected chi connectivity index (χ4v) is 5.05. The lowest BCUT2D eigenvalue weighted by Gasteiger charge is -2.14. The molecular formula is C34H32F3N3O3. The van der Waals surface area contributed by atoms with E-state index in [2.05, 4.69) is 10.6 Å². The normalized spacial score (nSPS) is 14.4. The van der Waals surface area contributed by atoms with Crippen molar-refractivity contribution in [2.45, 2.75) is 25.2 Å². The summed E-state index contributed by atoms with van der Waals surface area (Å²) in [5.74, 6) is 0.421. The van der Waals surface area contributed by atoms with E-state index in [1.165, 1.54) is 12.1 Å². The first kappa shape index (κ1) is 30.0. The monoisotopic (exact) mass is 587 g/mol. The van der Waals surface area contributed by atoms with Gasteiger partial charge in [-0.3, -0.25) is 14.9 Å². The molecule has 4 aromatic carbocycles. The van der Waals surface area contributed by atoms with Crippen LogP contribution in [0.4, 0.5) is 18.9 Å². The number of alkyl halides is 3. The van der Waals surface area contributed by atoms with E-state index in [1.54, 1.807) is 30.3 Å². The van der Waals surface area contributed by atoms with E-state index in [0.29, 0.717) is 35.5 Å². The van der Waals surface area contributed by atoms with E-state index in [-0.39, 0.29) is 18.1 Å². The fourth-order valence-electron chi connectivity index (χ4n) is 5.05. The van der Waals surface area contributed by atoms with Crippen LogP contribution in [0.15, 0.2) is 91.0 Å². The number of carbonyl (C=O) groups is 2. The smallest absolute Gasteiger partial charge is 0.416 e. The quantitative estimate of drug-likeness (QED) is 0.221. The number of amides is 1. The number of hydrogen-bond donors (Lipinski definition) is 2. The molecule has 0 fully saturated rings. The lowest BCUT2D eigenvalue weighted by atomic mass is 9.96. The molecule has 1 unspecified atom stereocenters. The Kier molecular flexibility index (Phi) is 8.94. The van der Waals surface area contributed by atoms with Gasteiger partial charge in [-0.2, -0.15) is 13.2 Å². The zero-order valence-corrected chi connectivity index (χ0v) is 23.9. The van der Waals surface area contributed by atoms with Gasteiger partial charge in [0.15, 0.2) is 5.78 Å². The molecule has 0 spiro atoms. The first-order valence-electron chi connectivity index (χ1n) is 13.9. The van der Waals surface area contributed by atoms with E-state index in [4.69, 9.17) is 4.74 Å². The SMILES string of the molecule is CN(C)CCOc1ccc(CC(=O)C2NCc3cc(NC(=O)c4ccccc4-c4ccc(C(F)(F)F)cc4)ccc32)cc1. The van der Waals surface area contributed by atoms with Crippen molar-refractivity contribution in [1.82, 2.24) is 10.2 Å². The van der Waals surface area contributed by atoms with E-state index >= 15 is 0 Å². The summed E-state index contributed by atoms with van der Waals surface area (Å²) >= 11 is 0. The van der Waals surface area contributed by atoms with E-state index < -0.39 is 17.8 Å². The standard InChI is InChI=1S/C34H32F3N3O3/c1-40(2)17-18-43-27-14-7-22(8-15-27)19-31(41)32-29-16-13-26(20-24(29)21-38-32)39-33(42)30-6-4-3-5-28(30)23-9-11-25(12-10-23)34(35,36)37/h3-16,20,32,38H,17-19,21H2,1-2H3,(H,39,42). The minimum absolute atomic E-state index is 0.0438. The van der Waals surface area contributed by atoms with Crippen LogP contribution < -0.4 is 15.4 Å². The number of benzene rings is 4. The first-order chi connectivity index (χ1) is 20.6. The van der Waals surface area contributed by atoms with Gasteiger partial charge in [-0.25, -0.2) is 0 Å². The minimum Gasteiger partial charge on any atom is -0.492 e. The molecule has 5 rings (SSSR count). The maximum absolute atomic E-state index is 13.3. The molecule has 0 saturated carbocycles. The zero-order chi connectivity index (χ0) is 30.6. The van der Waals surface area contributed by atoms with Crippen molar-refractivity contribution in [2.75, 3.05) is 32.6 Å².